The van der Waals surface area contributed by atoms with Crippen LogP contribution in [0.25, 0.3) is 0 Å². The molecule has 0 bridgehead atoms. The molecule has 1 aliphatic carbocycles. The summed E-state index contributed by atoms with van der Waals surface area (Å²) >= 11 is 0. The van der Waals surface area contributed by atoms with Crippen LogP contribution in [-0.2, 0) is 4.79 Å². The number of carbonyl (C=O) groups is 2. The van der Waals surface area contributed by atoms with E-state index in [1.807, 2.05) is 19.1 Å². The second-order valence-electron chi connectivity index (χ2n) is 6.63. The normalized spacial score (nSPS) is 22.8. The van der Waals surface area contributed by atoms with Crippen molar-refractivity contribution in [1.29, 1.82) is 0 Å². The molecule has 2 amide bonds. The molecule has 2 N–H and O–H groups in total. The van der Waals surface area contributed by atoms with E-state index in [0.717, 1.165) is 5.56 Å². The highest BCUT2D eigenvalue weighted by Crippen LogP contribution is 2.33. The van der Waals surface area contributed by atoms with Crippen LogP contribution < -0.4 is 5.32 Å². The third kappa shape index (κ3) is 3.19. The van der Waals surface area contributed by atoms with Gasteiger partial charge in [-0.3, -0.25) is 9.69 Å². The van der Waals surface area contributed by atoms with Crippen molar-refractivity contribution in [3.8, 4) is 0 Å². The number of carbonyl (C=O) groups excluding carboxylic acids is 1. The Morgan fingerprint density at radius 2 is 1.87 bits per heavy atom. The van der Waals surface area contributed by atoms with E-state index in [1.165, 1.54) is 42.6 Å². The van der Waals surface area contributed by atoms with Crippen LogP contribution in [0.5, 0.6) is 0 Å². The van der Waals surface area contributed by atoms with Crippen LogP contribution in [0.2, 0.25) is 0 Å². The van der Waals surface area contributed by atoms with Crippen LogP contribution >= 0.6 is 0 Å². The zero-order chi connectivity index (χ0) is 16.4. The van der Waals surface area contributed by atoms with Crippen molar-refractivity contribution in [2.24, 2.45) is 0 Å². The number of hydrogen-bond donors (Lipinski definition) is 2. The van der Waals surface area contributed by atoms with Gasteiger partial charge in [0.15, 0.2) is 0 Å². The van der Waals surface area contributed by atoms with Gasteiger partial charge in [0, 0.05) is 6.54 Å². The summed E-state index contributed by atoms with van der Waals surface area (Å²) in [5.41, 5.74) is 2.29. The summed E-state index contributed by atoms with van der Waals surface area (Å²) in [6.07, 6.45) is 5.38. The Hall–Kier alpha value is -2.04. The fourth-order valence-electron chi connectivity index (χ4n) is 3.71. The Morgan fingerprint density at radius 1 is 1.22 bits per heavy atom. The number of amides is 2. The Balaban J connectivity index is 1.74. The molecule has 0 aromatic heterocycles. The summed E-state index contributed by atoms with van der Waals surface area (Å²) in [5.74, 6) is 0.430. The van der Waals surface area contributed by atoms with Gasteiger partial charge in [-0.1, -0.05) is 43.5 Å². The first-order valence-electron chi connectivity index (χ1n) is 8.46. The van der Waals surface area contributed by atoms with Gasteiger partial charge in [-0.2, -0.15) is 0 Å². The fraction of sp³-hybridized carbons (Fsp3) is 0.556. The molecule has 2 atom stereocenters. The zero-order valence-electron chi connectivity index (χ0n) is 13.5. The lowest BCUT2D eigenvalue weighted by atomic mass is 9.83. The number of benzene rings is 1. The molecule has 124 valence electrons. The maximum absolute atomic E-state index is 11.6. The van der Waals surface area contributed by atoms with Crippen molar-refractivity contribution in [3.63, 3.8) is 0 Å². The number of hydrogen-bond acceptors (Lipinski definition) is 2. The first kappa shape index (κ1) is 15.8. The van der Waals surface area contributed by atoms with Crippen molar-refractivity contribution < 1.29 is 14.7 Å². The SMILES string of the molecule is C[C@H](c1ccc(C2CCCCC2)cc1)N(C(=O)O)[C@H]1CNC1=O. The molecule has 0 unspecified atom stereocenters. The number of rotatable bonds is 4. The molecule has 1 aromatic rings. The van der Waals surface area contributed by atoms with Crippen molar-refractivity contribution in [3.05, 3.63) is 35.4 Å². The predicted octanol–water partition coefficient (Wildman–Crippen LogP) is 3.27. The van der Waals surface area contributed by atoms with Gasteiger partial charge in [0.1, 0.15) is 6.04 Å². The lowest BCUT2D eigenvalue weighted by molar-refractivity contribution is -0.133. The van der Waals surface area contributed by atoms with Crippen molar-refractivity contribution in [2.45, 2.75) is 57.0 Å². The molecule has 0 spiro atoms. The molecule has 0 radical (unpaired) electrons. The molecule has 23 heavy (non-hydrogen) atoms. The van der Waals surface area contributed by atoms with Crippen LogP contribution in [0.1, 0.15) is 62.1 Å². The third-order valence-corrected chi connectivity index (χ3v) is 5.24. The van der Waals surface area contributed by atoms with Gasteiger partial charge in [-0.25, -0.2) is 4.79 Å². The van der Waals surface area contributed by atoms with Gasteiger partial charge >= 0.3 is 6.09 Å². The highest BCUT2D eigenvalue weighted by Gasteiger charge is 2.39. The minimum Gasteiger partial charge on any atom is -0.465 e. The molecule has 1 aliphatic heterocycles. The Bertz CT molecular complexity index is 578. The first-order chi connectivity index (χ1) is 11.1. The van der Waals surface area contributed by atoms with Gasteiger partial charge in [0.2, 0.25) is 5.91 Å². The fourth-order valence-corrected chi connectivity index (χ4v) is 3.71. The van der Waals surface area contributed by atoms with Gasteiger partial charge in [-0.05, 0) is 36.8 Å². The Kier molecular flexibility index (Phi) is 4.55. The molecular weight excluding hydrogens is 292 g/mol. The van der Waals surface area contributed by atoms with Crippen molar-refractivity contribution >= 4 is 12.0 Å². The lowest BCUT2D eigenvalue weighted by Gasteiger charge is -2.38. The molecular formula is C18H24N2O3. The molecule has 2 aliphatic rings. The second kappa shape index (κ2) is 6.60. The van der Waals surface area contributed by atoms with Gasteiger partial charge in [-0.15, -0.1) is 0 Å². The lowest BCUT2D eigenvalue weighted by Crippen LogP contribution is -2.63. The van der Waals surface area contributed by atoms with Crippen LogP contribution in [0.4, 0.5) is 4.79 Å². The summed E-state index contributed by atoms with van der Waals surface area (Å²) < 4.78 is 0. The molecule has 2 fully saturated rings. The quantitative estimate of drug-likeness (QED) is 0.838. The molecule has 5 nitrogen and oxygen atoms in total. The van der Waals surface area contributed by atoms with E-state index in [2.05, 4.69) is 17.4 Å². The zero-order valence-corrected chi connectivity index (χ0v) is 13.5. The topological polar surface area (TPSA) is 69.6 Å². The third-order valence-electron chi connectivity index (χ3n) is 5.24. The maximum atomic E-state index is 11.6. The molecule has 5 heteroatoms. The first-order valence-corrected chi connectivity index (χ1v) is 8.46. The maximum Gasteiger partial charge on any atom is 0.408 e. The average Bonchev–Trinajstić information content (AvgIpc) is 2.58. The summed E-state index contributed by atoms with van der Waals surface area (Å²) in [6.45, 7) is 2.24. The molecule has 3 rings (SSSR count). The summed E-state index contributed by atoms with van der Waals surface area (Å²) in [4.78, 5) is 24.4. The second-order valence-corrected chi connectivity index (χ2v) is 6.63. The minimum atomic E-state index is -1.05. The van der Waals surface area contributed by atoms with Gasteiger partial charge in [0.05, 0.1) is 6.04 Å². The van der Waals surface area contributed by atoms with E-state index in [0.29, 0.717) is 12.5 Å². The van der Waals surface area contributed by atoms with E-state index < -0.39 is 12.1 Å². The van der Waals surface area contributed by atoms with E-state index >= 15 is 0 Å². The standard InChI is InChI=1S/C18H24N2O3/c1-12(20(18(22)23)16-11-19-17(16)21)13-7-9-15(10-8-13)14-5-3-2-4-6-14/h7-10,12,14,16H,2-6,11H2,1H3,(H,19,21)(H,22,23)/t12-,16+/m1/s1. The summed E-state index contributed by atoms with van der Waals surface area (Å²) in [5, 5.41) is 12.1. The number of β-lactam (4-membered cyclic amide) rings is 1. The molecule has 1 aromatic carbocycles. The average molecular weight is 316 g/mol. The van der Waals surface area contributed by atoms with Crippen LogP contribution in [-0.4, -0.2) is 34.6 Å². The number of carboxylic acid groups (broad SMARTS) is 1. The number of nitrogens with one attached hydrogen (secondary N) is 1. The summed E-state index contributed by atoms with van der Waals surface area (Å²) in [7, 11) is 0. The molecule has 1 heterocycles. The molecule has 1 saturated heterocycles. The van der Waals surface area contributed by atoms with Crippen LogP contribution in [0.3, 0.4) is 0 Å². The monoisotopic (exact) mass is 316 g/mol. The highest BCUT2D eigenvalue weighted by atomic mass is 16.4. The van der Waals surface area contributed by atoms with Crippen LogP contribution in [0.15, 0.2) is 24.3 Å². The van der Waals surface area contributed by atoms with Gasteiger partial charge < -0.3 is 10.4 Å². The van der Waals surface area contributed by atoms with E-state index in [1.54, 1.807) is 0 Å². The molecule has 1 saturated carbocycles. The van der Waals surface area contributed by atoms with E-state index in [-0.39, 0.29) is 11.9 Å². The van der Waals surface area contributed by atoms with E-state index in [4.69, 9.17) is 0 Å². The largest absolute Gasteiger partial charge is 0.465 e. The highest BCUT2D eigenvalue weighted by molar-refractivity contribution is 5.90. The minimum absolute atomic E-state index is 0.210. The van der Waals surface area contributed by atoms with Gasteiger partial charge in [0.25, 0.3) is 0 Å². The summed E-state index contributed by atoms with van der Waals surface area (Å²) in [6, 6.07) is 7.39. The van der Waals surface area contributed by atoms with Crippen molar-refractivity contribution in [2.75, 3.05) is 6.54 Å². The van der Waals surface area contributed by atoms with Crippen LogP contribution in [0, 0.1) is 0 Å². The Morgan fingerprint density at radius 3 is 2.35 bits per heavy atom. The predicted molar refractivity (Wildman–Crippen MR) is 87.3 cm³/mol. The Labute approximate surface area is 136 Å². The smallest absolute Gasteiger partial charge is 0.408 e. The van der Waals surface area contributed by atoms with Crippen molar-refractivity contribution in [1.82, 2.24) is 10.2 Å². The number of nitrogens with zero attached hydrogens (tertiary/aromatic N) is 1. The van der Waals surface area contributed by atoms with E-state index in [9.17, 15) is 14.7 Å².